The zero-order valence-corrected chi connectivity index (χ0v) is 49.3. The van der Waals surface area contributed by atoms with E-state index in [9.17, 15) is 91.6 Å². The van der Waals surface area contributed by atoms with Crippen LogP contribution >= 0.6 is 0 Å². The van der Waals surface area contributed by atoms with Gasteiger partial charge in [-0.2, -0.15) is 0 Å². The molecule has 17 N–H and O–H groups in total. The molecule has 0 aromatic carbocycles. The largest absolute Gasteiger partial charge is 0.432 e. The second kappa shape index (κ2) is 28.2. The van der Waals surface area contributed by atoms with Crippen LogP contribution in [0.5, 0.6) is 0 Å². The third-order valence-corrected chi connectivity index (χ3v) is 21.7. The van der Waals surface area contributed by atoms with Gasteiger partial charge < -0.3 is 134 Å². The van der Waals surface area contributed by atoms with Crippen LogP contribution in [-0.4, -0.2) is 285 Å². The number of allylic oxidation sites excluding steroid dienone is 1. The lowest BCUT2D eigenvalue weighted by molar-refractivity contribution is -0.373. The minimum atomic E-state index is -2.04. The molecule has 496 valence electrons. The Morgan fingerprint density at radius 1 is 0.523 bits per heavy atom. The van der Waals surface area contributed by atoms with Crippen LogP contribution in [-0.2, 0) is 52.2 Å². The minimum Gasteiger partial charge on any atom is -0.432 e. The van der Waals surface area contributed by atoms with Crippen molar-refractivity contribution in [1.29, 1.82) is 0 Å². The summed E-state index contributed by atoms with van der Waals surface area (Å²) in [6.45, 7) is 6.90. The number of hydrogen-bond acceptors (Lipinski definition) is 28. The number of esters is 1. The second-order valence-corrected chi connectivity index (χ2v) is 26.6. The summed E-state index contributed by atoms with van der Waals surface area (Å²) in [7, 11) is 0. The Labute approximate surface area is 499 Å². The van der Waals surface area contributed by atoms with Crippen LogP contribution < -0.4 is 0 Å². The first-order valence-electron chi connectivity index (χ1n) is 30.8. The Morgan fingerprint density at radius 2 is 1.01 bits per heavy atom. The third-order valence-electron chi connectivity index (χ3n) is 21.7. The van der Waals surface area contributed by atoms with E-state index in [4.69, 9.17) is 47.4 Å². The summed E-state index contributed by atoms with van der Waals surface area (Å²) < 4.78 is 57.8. The maximum atomic E-state index is 14.3. The summed E-state index contributed by atoms with van der Waals surface area (Å²) in [6, 6.07) is 0. The topological polar surface area (TPSA) is 453 Å². The summed E-state index contributed by atoms with van der Waals surface area (Å²) in [5.74, 6) is 0.364. The molecule has 28 nitrogen and oxygen atoms in total. The predicted molar refractivity (Wildman–Crippen MR) is 288 cm³/mol. The first-order valence-corrected chi connectivity index (χ1v) is 30.8. The van der Waals surface area contributed by atoms with Crippen LogP contribution in [0.4, 0.5) is 0 Å². The van der Waals surface area contributed by atoms with Gasteiger partial charge in [0.15, 0.2) is 31.3 Å². The van der Waals surface area contributed by atoms with Crippen molar-refractivity contribution in [2.75, 3.05) is 33.0 Å². The van der Waals surface area contributed by atoms with E-state index in [0.717, 1.165) is 51.4 Å². The van der Waals surface area contributed by atoms with E-state index in [0.29, 0.717) is 42.4 Å². The van der Waals surface area contributed by atoms with E-state index in [1.807, 2.05) is 6.92 Å². The average Bonchev–Trinajstić information content (AvgIpc) is 1.43. The zero-order chi connectivity index (χ0) is 62.6. The predicted octanol–water partition coefficient (Wildman–Crippen LogP) is -4.75. The molecule has 4 aliphatic carbocycles. The van der Waals surface area contributed by atoms with Crippen molar-refractivity contribution in [3.8, 4) is 0 Å². The molecule has 35 atom stereocenters. The molecule has 0 aromatic heterocycles. The van der Waals surface area contributed by atoms with Gasteiger partial charge in [-0.25, -0.2) is 0 Å². The van der Waals surface area contributed by atoms with Gasteiger partial charge in [0.2, 0.25) is 6.29 Å². The number of fused-ring (bicyclic) bond motifs is 5. The van der Waals surface area contributed by atoms with Gasteiger partial charge in [0.1, 0.15) is 116 Å². The SMILES string of the molecule is C[C@H](CC[C@@H](C)[C@H]1CC[C@H]2[C@@H]3CC=C4C[C@@H](O[C@@H]5O[C@H](CO)[C@@H](O)[C@H](O)[C@H]5O)CC[C@]4(C)[C@H]3CC[C@]12C)[C@H](C)C(=O)O[C@@H]1O[C@H](CO[C@@H]2O[C@H](CO)[C@@H](O[C@@H]3O[C@H](CO)[C@@H](O)[C@H](O)[C@H]3O)[C@@H](O)[C@H]2O)[C@@H](O)[C@H](O)[C@H]1O[C@@H]1O[C@H](CO)[C@@H](O)[C@H](O)[C@H]1O. The normalized spacial score (nSPS) is 50.9. The molecule has 0 aromatic rings. The lowest BCUT2D eigenvalue weighted by Gasteiger charge is -2.58. The van der Waals surface area contributed by atoms with Crippen LogP contribution in [0.1, 0.15) is 98.8 Å². The Hall–Kier alpha value is -1.83. The molecule has 0 bridgehead atoms. The summed E-state index contributed by atoms with van der Waals surface area (Å²) in [4.78, 5) is 14.3. The summed E-state index contributed by atoms with van der Waals surface area (Å²) in [5.41, 5.74) is 1.41. The van der Waals surface area contributed by atoms with Gasteiger partial charge in [-0.05, 0) is 104 Å². The van der Waals surface area contributed by atoms with Crippen LogP contribution in [0.3, 0.4) is 0 Å². The molecule has 9 aliphatic rings. The van der Waals surface area contributed by atoms with E-state index in [2.05, 4.69) is 26.8 Å². The van der Waals surface area contributed by atoms with Crippen LogP contribution in [0.15, 0.2) is 11.6 Å². The minimum absolute atomic E-state index is 0.0268. The van der Waals surface area contributed by atoms with Crippen LogP contribution in [0.25, 0.3) is 0 Å². The molecule has 28 heteroatoms. The first-order chi connectivity index (χ1) is 40.7. The second-order valence-electron chi connectivity index (χ2n) is 26.6. The highest BCUT2D eigenvalue weighted by atomic mass is 16.8. The van der Waals surface area contributed by atoms with E-state index >= 15 is 0 Å². The average molecular weight is 1240 g/mol. The molecule has 9 rings (SSSR count). The fraction of sp³-hybridized carbons (Fsp3) is 0.948. The smallest absolute Gasteiger partial charge is 0.311 e. The molecular formula is C58H96O28. The molecule has 5 saturated heterocycles. The van der Waals surface area contributed by atoms with Gasteiger partial charge in [-0.3, -0.25) is 4.79 Å². The highest BCUT2D eigenvalue weighted by molar-refractivity contribution is 5.72. The molecule has 0 spiro atoms. The lowest BCUT2D eigenvalue weighted by Crippen LogP contribution is -2.66. The molecule has 5 heterocycles. The quantitative estimate of drug-likeness (QED) is 0.0402. The summed E-state index contributed by atoms with van der Waals surface area (Å²) >= 11 is 0. The van der Waals surface area contributed by atoms with Crippen molar-refractivity contribution >= 4 is 5.97 Å². The number of aliphatic hydroxyl groups is 17. The molecule has 8 fully saturated rings. The Kier molecular flexibility index (Phi) is 22.5. The fourth-order valence-electron chi connectivity index (χ4n) is 16.0. The van der Waals surface area contributed by atoms with Crippen LogP contribution in [0, 0.1) is 52.3 Å². The Bertz CT molecular complexity index is 2230. The van der Waals surface area contributed by atoms with E-state index < -0.39 is 198 Å². The van der Waals surface area contributed by atoms with Crippen molar-refractivity contribution in [3.63, 3.8) is 0 Å². The monoisotopic (exact) mass is 1240 g/mol. The summed E-state index contributed by atoms with van der Waals surface area (Å²) in [5, 5.41) is 179. The zero-order valence-electron chi connectivity index (χ0n) is 49.3. The van der Waals surface area contributed by atoms with Gasteiger partial charge in [0.05, 0.1) is 45.1 Å². The Balaban J connectivity index is 0.817. The lowest BCUT2D eigenvalue weighted by atomic mass is 9.47. The highest BCUT2D eigenvalue weighted by Crippen LogP contribution is 2.67. The van der Waals surface area contributed by atoms with Crippen molar-refractivity contribution in [2.24, 2.45) is 52.3 Å². The molecule has 3 saturated carbocycles. The maximum Gasteiger partial charge on any atom is 0.311 e. The van der Waals surface area contributed by atoms with Crippen molar-refractivity contribution in [1.82, 2.24) is 0 Å². The molecule has 86 heavy (non-hydrogen) atoms. The van der Waals surface area contributed by atoms with Crippen molar-refractivity contribution < 1.29 is 139 Å². The van der Waals surface area contributed by atoms with Gasteiger partial charge in [-0.15, -0.1) is 0 Å². The number of ether oxygens (including phenoxy) is 10. The molecule has 0 radical (unpaired) electrons. The molecule has 5 aliphatic heterocycles. The Morgan fingerprint density at radius 3 is 1.57 bits per heavy atom. The van der Waals surface area contributed by atoms with Crippen molar-refractivity contribution in [2.45, 2.75) is 258 Å². The number of rotatable bonds is 20. The van der Waals surface area contributed by atoms with Crippen LogP contribution in [0.2, 0.25) is 0 Å². The standard InChI is InChI=1S/C58H96O28/c1-22(6-7-23(2)28-10-11-29-27-9-8-25-16-26(12-14-57(25,4)30(27)13-15-58(28,29)5)78-53-45(72)40(67)36(63)31(17-59)79-53)24(3)51(76)86-56-50(85-55-47(74)42(69)38(65)33(19-61)81-55)43(70)39(66)35(83-56)21-77-52-48(75)44(71)49(34(20-62)82-52)84-54-46(73)41(68)37(64)32(18-60)80-54/h8,22-24,26-50,52-56,59-75H,6-7,9-21H2,1-5H3/t22-,23-,24+,26+,27+,28-,29+,30+,31-,32-,33-,34-,35-,36-,37-,38-,39-,40+,41+,42+,43+,44+,45-,46-,47-,48-,49-,50-,52-,53-,54+,55+,56+,57+,58-/m1/s1. The maximum absolute atomic E-state index is 14.3. The number of hydrogen-bond donors (Lipinski definition) is 17. The van der Waals surface area contributed by atoms with Gasteiger partial charge in [-0.1, -0.05) is 52.7 Å². The van der Waals surface area contributed by atoms with E-state index in [1.54, 1.807) is 6.92 Å². The van der Waals surface area contributed by atoms with Gasteiger partial charge >= 0.3 is 5.97 Å². The number of aliphatic hydroxyl groups excluding tert-OH is 17. The third kappa shape index (κ3) is 13.2. The van der Waals surface area contributed by atoms with E-state index in [1.165, 1.54) is 5.57 Å². The fourth-order valence-corrected chi connectivity index (χ4v) is 16.0. The number of carbonyl (C=O) groups excluding carboxylic acids is 1. The summed E-state index contributed by atoms with van der Waals surface area (Å²) in [6.07, 6.45) is -31.6. The van der Waals surface area contributed by atoms with E-state index in [-0.39, 0.29) is 22.9 Å². The van der Waals surface area contributed by atoms with Gasteiger partial charge in [0, 0.05) is 0 Å². The molecule has 0 unspecified atom stereocenters. The number of carbonyl (C=O) groups is 1. The highest BCUT2D eigenvalue weighted by Gasteiger charge is 2.61. The first kappa shape index (κ1) is 68.5. The molecule has 0 amide bonds. The van der Waals surface area contributed by atoms with Gasteiger partial charge in [0.25, 0.3) is 0 Å². The van der Waals surface area contributed by atoms with Crippen molar-refractivity contribution in [3.05, 3.63) is 11.6 Å². The molecular weight excluding hydrogens is 1140 g/mol.